The summed E-state index contributed by atoms with van der Waals surface area (Å²) in [6.07, 6.45) is 2.33. The first-order valence-electron chi connectivity index (χ1n) is 3.57. The molecule has 0 fully saturated rings. The Bertz CT molecular complexity index is 61.9. The van der Waals surface area contributed by atoms with Gasteiger partial charge in [0.05, 0.1) is 0 Å². The molecular formula is C7H18N2. The highest BCUT2D eigenvalue weighted by Crippen LogP contribution is 1.93. The van der Waals surface area contributed by atoms with Crippen LogP contribution >= 0.6 is 0 Å². The van der Waals surface area contributed by atoms with Crippen molar-refractivity contribution in [2.24, 2.45) is 5.73 Å². The minimum atomic E-state index is 0.366. The van der Waals surface area contributed by atoms with E-state index in [1.54, 1.807) is 0 Å². The zero-order chi connectivity index (χ0) is 7.28. The first kappa shape index (κ1) is 8.92. The van der Waals surface area contributed by atoms with Gasteiger partial charge in [0.25, 0.3) is 0 Å². The second-order valence-corrected chi connectivity index (χ2v) is 2.81. The number of hydrogen-bond donors (Lipinski definition) is 1. The Morgan fingerprint density at radius 2 is 2.00 bits per heavy atom. The Kier molecular flexibility index (Phi) is 4.72. The lowest BCUT2D eigenvalue weighted by molar-refractivity contribution is 0.362. The van der Waals surface area contributed by atoms with E-state index in [4.69, 9.17) is 5.73 Å². The maximum atomic E-state index is 5.74. The number of rotatable bonds is 4. The van der Waals surface area contributed by atoms with E-state index in [-0.39, 0.29) is 0 Å². The van der Waals surface area contributed by atoms with E-state index in [1.807, 2.05) is 0 Å². The van der Waals surface area contributed by atoms with Crippen molar-refractivity contribution in [2.45, 2.75) is 25.8 Å². The predicted molar refractivity (Wildman–Crippen MR) is 41.4 cm³/mol. The molecule has 0 spiro atoms. The zero-order valence-corrected chi connectivity index (χ0v) is 6.72. The van der Waals surface area contributed by atoms with Crippen molar-refractivity contribution in [3.8, 4) is 0 Å². The average molecular weight is 130 g/mol. The van der Waals surface area contributed by atoms with Crippen LogP contribution in [0.1, 0.15) is 19.8 Å². The monoisotopic (exact) mass is 130 g/mol. The summed E-state index contributed by atoms with van der Waals surface area (Å²) in [6.45, 7) is 3.17. The molecule has 0 aliphatic rings. The third kappa shape index (κ3) is 5.80. The van der Waals surface area contributed by atoms with Gasteiger partial charge in [-0.25, -0.2) is 0 Å². The van der Waals surface area contributed by atoms with Gasteiger partial charge < -0.3 is 10.6 Å². The van der Waals surface area contributed by atoms with Crippen molar-refractivity contribution in [1.82, 2.24) is 4.90 Å². The van der Waals surface area contributed by atoms with Gasteiger partial charge in [-0.3, -0.25) is 0 Å². The lowest BCUT2D eigenvalue weighted by atomic mass is 10.2. The molecule has 2 N–H and O–H groups in total. The second kappa shape index (κ2) is 4.77. The van der Waals surface area contributed by atoms with Gasteiger partial charge in [-0.15, -0.1) is 0 Å². The minimum absolute atomic E-state index is 0.366. The van der Waals surface area contributed by atoms with E-state index in [2.05, 4.69) is 25.9 Å². The van der Waals surface area contributed by atoms with E-state index in [1.165, 1.54) is 6.42 Å². The first-order valence-corrected chi connectivity index (χ1v) is 3.57. The first-order chi connectivity index (χ1) is 4.16. The van der Waals surface area contributed by atoms with Gasteiger partial charge in [0.15, 0.2) is 0 Å². The van der Waals surface area contributed by atoms with E-state index >= 15 is 0 Å². The van der Waals surface area contributed by atoms with Crippen LogP contribution in [0.2, 0.25) is 0 Å². The topological polar surface area (TPSA) is 29.3 Å². The third-order valence-electron chi connectivity index (χ3n) is 1.26. The summed E-state index contributed by atoms with van der Waals surface area (Å²) in [4.78, 5) is 2.13. The Morgan fingerprint density at radius 3 is 2.33 bits per heavy atom. The van der Waals surface area contributed by atoms with Gasteiger partial charge in [-0.2, -0.15) is 0 Å². The van der Waals surface area contributed by atoms with Crippen molar-refractivity contribution >= 4 is 0 Å². The molecule has 0 saturated heterocycles. The highest BCUT2D eigenvalue weighted by molar-refractivity contribution is 4.62. The van der Waals surface area contributed by atoms with Gasteiger partial charge in [0.1, 0.15) is 0 Å². The molecule has 1 atom stereocenters. The Morgan fingerprint density at radius 1 is 1.44 bits per heavy atom. The average Bonchev–Trinajstić information content (AvgIpc) is 1.63. The van der Waals surface area contributed by atoms with Crippen LogP contribution in [-0.2, 0) is 0 Å². The number of hydrogen-bond acceptors (Lipinski definition) is 2. The molecule has 0 radical (unpaired) electrons. The normalized spacial score (nSPS) is 14.3. The fourth-order valence-corrected chi connectivity index (χ4v) is 0.931. The molecule has 0 rings (SSSR count). The lowest BCUT2D eigenvalue weighted by Crippen LogP contribution is -2.32. The van der Waals surface area contributed by atoms with E-state index in [0.29, 0.717) is 6.04 Å². The molecule has 0 saturated carbocycles. The summed E-state index contributed by atoms with van der Waals surface area (Å²) in [5.74, 6) is 0. The summed E-state index contributed by atoms with van der Waals surface area (Å²) in [5.41, 5.74) is 5.74. The zero-order valence-electron chi connectivity index (χ0n) is 6.72. The SMILES string of the molecule is CCC[C@@H](N)CN(C)C. The molecule has 56 valence electrons. The van der Waals surface area contributed by atoms with Crippen LogP contribution in [0.4, 0.5) is 0 Å². The molecule has 2 heteroatoms. The molecule has 0 aromatic rings. The molecule has 0 aliphatic carbocycles. The Balaban J connectivity index is 3.15. The highest BCUT2D eigenvalue weighted by Gasteiger charge is 2.00. The second-order valence-electron chi connectivity index (χ2n) is 2.81. The molecule has 0 amide bonds. The fourth-order valence-electron chi connectivity index (χ4n) is 0.931. The summed E-state index contributed by atoms with van der Waals surface area (Å²) in [7, 11) is 4.10. The molecule has 0 bridgehead atoms. The van der Waals surface area contributed by atoms with Crippen LogP contribution in [0.25, 0.3) is 0 Å². The maximum absolute atomic E-state index is 5.74. The van der Waals surface area contributed by atoms with Gasteiger partial charge in [0.2, 0.25) is 0 Å². The standard InChI is InChI=1S/C7H18N2/c1-4-5-7(8)6-9(2)3/h7H,4-6,8H2,1-3H3/t7-/m1/s1. The molecule has 0 aromatic heterocycles. The maximum Gasteiger partial charge on any atom is 0.0167 e. The quantitative estimate of drug-likeness (QED) is 0.606. The van der Waals surface area contributed by atoms with Gasteiger partial charge in [0, 0.05) is 12.6 Å². The molecule has 2 nitrogen and oxygen atoms in total. The largest absolute Gasteiger partial charge is 0.327 e. The van der Waals surface area contributed by atoms with Gasteiger partial charge in [-0.05, 0) is 20.5 Å². The van der Waals surface area contributed by atoms with Crippen LogP contribution in [-0.4, -0.2) is 31.6 Å². The van der Waals surface area contributed by atoms with Crippen LogP contribution in [0.3, 0.4) is 0 Å². The fraction of sp³-hybridized carbons (Fsp3) is 1.00. The smallest absolute Gasteiger partial charge is 0.0167 e. The molecule has 0 aliphatic heterocycles. The third-order valence-corrected chi connectivity index (χ3v) is 1.26. The van der Waals surface area contributed by atoms with Crippen molar-refractivity contribution in [3.63, 3.8) is 0 Å². The van der Waals surface area contributed by atoms with Crippen molar-refractivity contribution in [1.29, 1.82) is 0 Å². The van der Waals surface area contributed by atoms with Crippen LogP contribution in [0, 0.1) is 0 Å². The van der Waals surface area contributed by atoms with Crippen LogP contribution < -0.4 is 5.73 Å². The Labute approximate surface area is 58.0 Å². The lowest BCUT2D eigenvalue weighted by Gasteiger charge is -2.15. The summed E-state index contributed by atoms with van der Waals surface area (Å²) in [5, 5.41) is 0. The molecule has 0 unspecified atom stereocenters. The van der Waals surface area contributed by atoms with Crippen LogP contribution in [0.5, 0.6) is 0 Å². The predicted octanol–water partition coefficient (Wildman–Crippen LogP) is 0.675. The summed E-state index contributed by atoms with van der Waals surface area (Å²) < 4.78 is 0. The van der Waals surface area contributed by atoms with E-state index < -0.39 is 0 Å². The van der Waals surface area contributed by atoms with Crippen LogP contribution in [0.15, 0.2) is 0 Å². The number of nitrogens with zero attached hydrogens (tertiary/aromatic N) is 1. The minimum Gasteiger partial charge on any atom is -0.327 e. The number of likely N-dealkylation sites (N-methyl/N-ethyl adjacent to an activating group) is 1. The molecule has 0 aromatic carbocycles. The molecule has 0 heterocycles. The van der Waals surface area contributed by atoms with Crippen molar-refractivity contribution < 1.29 is 0 Å². The molecule has 9 heavy (non-hydrogen) atoms. The van der Waals surface area contributed by atoms with Crippen molar-refractivity contribution in [2.75, 3.05) is 20.6 Å². The number of nitrogens with two attached hydrogens (primary N) is 1. The van der Waals surface area contributed by atoms with Gasteiger partial charge in [-0.1, -0.05) is 13.3 Å². The van der Waals surface area contributed by atoms with E-state index in [0.717, 1.165) is 13.0 Å². The Hall–Kier alpha value is -0.0800. The summed E-state index contributed by atoms with van der Waals surface area (Å²) >= 11 is 0. The van der Waals surface area contributed by atoms with E-state index in [9.17, 15) is 0 Å². The summed E-state index contributed by atoms with van der Waals surface area (Å²) in [6, 6.07) is 0.366. The van der Waals surface area contributed by atoms with Crippen molar-refractivity contribution in [3.05, 3.63) is 0 Å². The molecular weight excluding hydrogens is 112 g/mol. The highest BCUT2D eigenvalue weighted by atomic mass is 15.1. The van der Waals surface area contributed by atoms with Gasteiger partial charge >= 0.3 is 0 Å².